The zero-order chi connectivity index (χ0) is 99.4. The quantitative estimate of drug-likeness (QED) is 0.0152. The van der Waals surface area contributed by atoms with Crippen molar-refractivity contribution in [3.8, 4) is 89.8 Å². The molecule has 8 N–H and O–H groups in total. The van der Waals surface area contributed by atoms with Gasteiger partial charge in [-0.2, -0.15) is 0 Å². The van der Waals surface area contributed by atoms with Crippen LogP contribution in [0, 0.1) is 55.4 Å². The fraction of sp³-hybridized carbons (Fsp3) is 0.259. The second-order valence-corrected chi connectivity index (χ2v) is 34.8. The normalized spacial score (nSPS) is 11.7. The summed E-state index contributed by atoms with van der Waals surface area (Å²) in [5.41, 5.74) is 29.3. The predicted molar refractivity (Wildman–Crippen MR) is 519 cm³/mol. The number of carbonyl (C=O) groups excluding carboxylic acids is 4. The Morgan fingerprint density at radius 1 is 0.307 bits per heavy atom. The third-order valence-corrected chi connectivity index (χ3v) is 23.0. The van der Waals surface area contributed by atoms with E-state index >= 15 is 0 Å². The number of hydrogen-bond donors (Lipinski definition) is 8. The summed E-state index contributed by atoms with van der Waals surface area (Å²) in [6.45, 7) is 39.8. The number of rotatable bonds is 20. The van der Waals surface area contributed by atoms with Gasteiger partial charge in [0.05, 0.1) is 75.0 Å². The topological polar surface area (TPSA) is 405 Å². The van der Waals surface area contributed by atoms with Crippen molar-refractivity contribution in [1.82, 2.24) is 0 Å². The van der Waals surface area contributed by atoms with E-state index in [2.05, 4.69) is 201 Å². The summed E-state index contributed by atoms with van der Waals surface area (Å²) in [6.07, 6.45) is 0. The second kappa shape index (κ2) is 46.6. The molecular weight excluding hydrogens is 1840 g/mol. The molecule has 29 heteroatoms. The van der Waals surface area contributed by atoms with Crippen LogP contribution in [0.15, 0.2) is 212 Å². The van der Waals surface area contributed by atoms with Gasteiger partial charge in [-0.1, -0.05) is 72.8 Å². The molecule has 0 unspecified atom stereocenters. The first-order valence-electron chi connectivity index (χ1n) is 45.2. The number of carbonyl (C=O) groups is 4. The van der Waals surface area contributed by atoms with Crippen LogP contribution in [0.1, 0.15) is 141 Å². The zero-order valence-corrected chi connectivity index (χ0v) is 83.8. The van der Waals surface area contributed by atoms with Crippen LogP contribution in [0.25, 0.3) is 134 Å². The van der Waals surface area contributed by atoms with E-state index < -0.39 is 25.9 Å². The van der Waals surface area contributed by atoms with E-state index in [4.69, 9.17) is 65.0 Å². The van der Waals surface area contributed by atoms with Crippen LogP contribution in [0.5, 0.6) is 0 Å². The van der Waals surface area contributed by atoms with Gasteiger partial charge in [-0.25, -0.2) is 39.1 Å². The molecular formula is C108H116MoN8O19Si. The fourth-order valence-corrected chi connectivity index (χ4v) is 17.0. The van der Waals surface area contributed by atoms with Crippen LogP contribution in [-0.4, -0.2) is 114 Å². The Balaban J connectivity index is 0.000000170. The van der Waals surface area contributed by atoms with E-state index in [9.17, 15) is 19.2 Å². The summed E-state index contributed by atoms with van der Waals surface area (Å²) in [7, 11) is 2.02. The van der Waals surface area contributed by atoms with Crippen LogP contribution in [0.3, 0.4) is 0 Å². The van der Waals surface area contributed by atoms with Crippen molar-refractivity contribution in [2.75, 3.05) is 102 Å². The molecule has 4 aliphatic heterocycles. The summed E-state index contributed by atoms with van der Waals surface area (Å²) >= 11 is -6.02. The van der Waals surface area contributed by atoms with E-state index in [0.29, 0.717) is 22.3 Å². The number of aryl methyl sites for hydroxylation is 8. The number of fused-ring (bicyclic) bond motifs is 8. The van der Waals surface area contributed by atoms with Crippen molar-refractivity contribution < 1.29 is 121 Å². The summed E-state index contributed by atoms with van der Waals surface area (Å²) < 4.78 is 89.1. The average molecular weight is 1950 g/mol. The van der Waals surface area contributed by atoms with Gasteiger partial charge in [0.1, 0.15) is 71.6 Å². The van der Waals surface area contributed by atoms with Crippen molar-refractivity contribution in [2.24, 2.45) is 0 Å². The summed E-state index contributed by atoms with van der Waals surface area (Å²) in [5, 5.41) is 21.6. The predicted octanol–water partition coefficient (Wildman–Crippen LogP) is 10.7. The number of esters is 4. The Hall–Kier alpha value is -14.6. The molecule has 8 aromatic carbocycles. The molecule has 0 aromatic heterocycles. The van der Waals surface area contributed by atoms with E-state index in [1.807, 2.05) is 146 Å². The molecule has 0 bridgehead atoms. The van der Waals surface area contributed by atoms with E-state index in [0.717, 1.165) is 275 Å². The Morgan fingerprint density at radius 2 is 0.489 bits per heavy atom. The minimum absolute atomic E-state index is 0.357. The van der Waals surface area contributed by atoms with Gasteiger partial charge in [-0.3, -0.25) is 0 Å². The molecule has 0 amide bonds. The molecule has 137 heavy (non-hydrogen) atoms. The minimum atomic E-state index is -6.02. The van der Waals surface area contributed by atoms with Crippen LogP contribution in [0.2, 0.25) is 0 Å². The van der Waals surface area contributed by atoms with Gasteiger partial charge in [0, 0.05) is 171 Å². The fourth-order valence-electron chi connectivity index (χ4n) is 17.0. The van der Waals surface area contributed by atoms with Gasteiger partial charge >= 0.3 is 54.9 Å². The molecule has 27 nitrogen and oxygen atoms in total. The van der Waals surface area contributed by atoms with Gasteiger partial charge in [0.25, 0.3) is 0 Å². The Bertz CT molecular complexity index is 6670. The molecule has 0 saturated carbocycles. The van der Waals surface area contributed by atoms with Crippen LogP contribution in [0.4, 0.5) is 22.7 Å². The van der Waals surface area contributed by atoms with Crippen molar-refractivity contribution >= 4 is 99.7 Å². The Kier molecular flexibility index (Phi) is 35.0. The number of hydrogen-bond acceptors (Lipinski definition) is 23. The van der Waals surface area contributed by atoms with Crippen molar-refractivity contribution in [1.29, 1.82) is 0 Å². The average Bonchev–Trinajstić information content (AvgIpc) is 0.753. The first-order valence-corrected chi connectivity index (χ1v) is 49.7. The summed E-state index contributed by atoms with van der Waals surface area (Å²) in [6, 6.07) is 63.8. The summed E-state index contributed by atoms with van der Waals surface area (Å²) in [4.78, 5) is 81.2. The molecule has 8 aliphatic rings. The third kappa shape index (κ3) is 23.9. The van der Waals surface area contributed by atoms with E-state index in [1.54, 1.807) is 0 Å². The number of methoxy groups -OCH3 is 4. The van der Waals surface area contributed by atoms with Crippen molar-refractivity contribution in [2.45, 2.75) is 111 Å². The maximum atomic E-state index is 12.6. The van der Waals surface area contributed by atoms with Gasteiger partial charge < -0.3 is 71.9 Å². The van der Waals surface area contributed by atoms with E-state index in [1.165, 1.54) is 28.4 Å². The Morgan fingerprint density at radius 3 is 0.657 bits per heavy atom. The third-order valence-electron chi connectivity index (χ3n) is 23.0. The van der Waals surface area contributed by atoms with Gasteiger partial charge in [0.2, 0.25) is 21.4 Å². The van der Waals surface area contributed by atoms with Gasteiger partial charge in [0.15, 0.2) is 0 Å². The number of ether oxygens (including phenoxy) is 4. The van der Waals surface area contributed by atoms with Crippen LogP contribution in [-0.2, 0) is 47.0 Å². The molecule has 16 rings (SSSR count). The van der Waals surface area contributed by atoms with Crippen LogP contribution < -0.4 is 79.8 Å². The summed E-state index contributed by atoms with van der Waals surface area (Å²) in [5.74, 6) is 1.63. The maximum absolute atomic E-state index is 12.6. The van der Waals surface area contributed by atoms with Crippen molar-refractivity contribution in [3.05, 3.63) is 282 Å². The molecule has 8 aromatic rings. The molecule has 0 radical (unpaired) electrons. The molecule has 4 heterocycles. The number of benzene rings is 12. The molecule has 0 atom stereocenters. The van der Waals surface area contributed by atoms with E-state index in [-0.39, 0.29) is 23.9 Å². The monoisotopic (exact) mass is 1950 g/mol. The molecule has 4 aliphatic carbocycles. The standard InChI is InChI=1S/4C27H28N2O3.Mo.O3Si.4O/c4*1-6-28-22-14-24-20(12-16(22)3)26(18-10-8-9-11-19(18)27(30)31-5)21-13-17(4)23(29-7-2)15-25(21)32-24;;1-4(2)3;;;;/h4*8-15,28H,6-7H2,1-5H3;;;;;;/q;;;;;-2;;;2*-1/p+4. The first-order chi connectivity index (χ1) is 65.6. The zero-order valence-electron chi connectivity index (χ0n) is 80.8. The second-order valence-electron chi connectivity index (χ2n) is 32.3. The van der Waals surface area contributed by atoms with Crippen molar-refractivity contribution in [3.63, 3.8) is 0 Å². The molecule has 712 valence electrons. The van der Waals surface area contributed by atoms with Gasteiger partial charge in [-0.15, -0.1) is 0 Å². The molecule has 0 saturated heterocycles. The van der Waals surface area contributed by atoms with Crippen LogP contribution >= 0.6 is 0 Å². The first kappa shape index (κ1) is 103. The molecule has 0 spiro atoms. The molecule has 0 fully saturated rings. The Labute approximate surface area is 800 Å². The van der Waals surface area contributed by atoms with Gasteiger partial charge in [-0.05, 0) is 228 Å². The SMILES string of the molecule is CCNc1cc2oc3cc(=[NH+]CC)c(C)cc-3c(-c3ccccc3C(=O)OC)c2cc1C.CCNc1cc2oc3cc(=[NH+]CC)c(C)cc-3c(-c3ccccc3C(=O)OC)c2cc1C.CCNc1cc2oc3cc(=[NH+]CC)c(C)cc-3c(-c3ccccc3C(=O)OC)c2cc1C.CCNc1cc2oc3cc(=[NH+]CC)c(C)cc-3c(-c3ccccc3C(=O)OC)c2cc1C.O=[Si]([O-])[O-].[O]=[Mo](=[O])([O-])[O-]. The number of anilines is 4. The number of nitrogens with one attached hydrogen (secondary N) is 8.